The van der Waals surface area contributed by atoms with Crippen LogP contribution >= 0.6 is 11.5 Å². The lowest BCUT2D eigenvalue weighted by molar-refractivity contribution is 1.05. The van der Waals surface area contributed by atoms with Crippen molar-refractivity contribution in [2.75, 3.05) is 5.32 Å². The van der Waals surface area contributed by atoms with Gasteiger partial charge in [-0.05, 0) is 26.0 Å². The SMILES string of the molecule is Cc1cccc(Nc2nc(-c3cn[nH]c3C)ns2)n1. The number of nitrogens with one attached hydrogen (secondary N) is 2. The molecule has 0 aliphatic heterocycles. The molecule has 0 aliphatic carbocycles. The first-order valence-electron chi connectivity index (χ1n) is 5.77. The van der Waals surface area contributed by atoms with Crippen molar-refractivity contribution in [3.8, 4) is 11.4 Å². The van der Waals surface area contributed by atoms with Crippen molar-refractivity contribution in [1.82, 2.24) is 24.5 Å². The highest BCUT2D eigenvalue weighted by molar-refractivity contribution is 7.09. The molecule has 0 saturated heterocycles. The number of aryl methyl sites for hydroxylation is 2. The Kier molecular flexibility index (Phi) is 2.96. The fourth-order valence-corrected chi connectivity index (χ4v) is 2.27. The second-order valence-electron chi connectivity index (χ2n) is 4.12. The van der Waals surface area contributed by atoms with Crippen LogP contribution in [0, 0.1) is 13.8 Å². The molecule has 0 radical (unpaired) electrons. The van der Waals surface area contributed by atoms with E-state index in [0.29, 0.717) is 11.0 Å². The molecule has 0 spiro atoms. The van der Waals surface area contributed by atoms with E-state index in [-0.39, 0.29) is 0 Å². The molecule has 0 unspecified atom stereocenters. The molecule has 19 heavy (non-hydrogen) atoms. The lowest BCUT2D eigenvalue weighted by Crippen LogP contribution is -1.93. The van der Waals surface area contributed by atoms with Gasteiger partial charge in [0.15, 0.2) is 5.82 Å². The van der Waals surface area contributed by atoms with Crippen molar-refractivity contribution in [3.05, 3.63) is 35.8 Å². The number of H-pyrrole nitrogens is 1. The van der Waals surface area contributed by atoms with E-state index >= 15 is 0 Å². The summed E-state index contributed by atoms with van der Waals surface area (Å²) in [6.45, 7) is 3.89. The van der Waals surface area contributed by atoms with Crippen LogP contribution < -0.4 is 5.32 Å². The standard InChI is InChI=1S/C12H12N6S/c1-7-4-3-5-10(14-7)15-12-16-11(18-19-12)9-6-13-17-8(9)2/h3-6H,1-2H3,(H,13,17)(H,14,15,16,18). The summed E-state index contributed by atoms with van der Waals surface area (Å²) >= 11 is 1.30. The first-order chi connectivity index (χ1) is 9.22. The van der Waals surface area contributed by atoms with Gasteiger partial charge in [0, 0.05) is 22.9 Å². The van der Waals surface area contributed by atoms with Crippen LogP contribution in [0.2, 0.25) is 0 Å². The molecule has 0 amide bonds. The van der Waals surface area contributed by atoms with Gasteiger partial charge in [-0.25, -0.2) is 4.98 Å². The molecule has 0 aliphatic rings. The van der Waals surface area contributed by atoms with Gasteiger partial charge in [-0.3, -0.25) is 5.10 Å². The summed E-state index contributed by atoms with van der Waals surface area (Å²) in [6, 6.07) is 5.80. The highest BCUT2D eigenvalue weighted by Crippen LogP contribution is 2.24. The van der Waals surface area contributed by atoms with E-state index in [2.05, 4.69) is 29.9 Å². The maximum atomic E-state index is 4.43. The molecule has 6 nitrogen and oxygen atoms in total. The predicted octanol–water partition coefficient (Wildman–Crippen LogP) is 2.68. The van der Waals surface area contributed by atoms with Gasteiger partial charge in [-0.1, -0.05) is 6.07 Å². The normalized spacial score (nSPS) is 10.6. The fraction of sp³-hybridized carbons (Fsp3) is 0.167. The molecule has 0 bridgehead atoms. The molecular weight excluding hydrogens is 260 g/mol. The summed E-state index contributed by atoms with van der Waals surface area (Å²) in [6.07, 6.45) is 1.73. The first-order valence-corrected chi connectivity index (χ1v) is 6.54. The Labute approximate surface area is 114 Å². The van der Waals surface area contributed by atoms with Crippen molar-refractivity contribution >= 4 is 22.5 Å². The van der Waals surface area contributed by atoms with Crippen LogP contribution in [-0.4, -0.2) is 24.5 Å². The third-order valence-electron chi connectivity index (χ3n) is 2.62. The van der Waals surface area contributed by atoms with Crippen molar-refractivity contribution in [2.45, 2.75) is 13.8 Å². The second kappa shape index (κ2) is 4.77. The molecule has 7 heteroatoms. The largest absolute Gasteiger partial charge is 0.315 e. The smallest absolute Gasteiger partial charge is 0.208 e. The summed E-state index contributed by atoms with van der Waals surface area (Å²) in [5.74, 6) is 1.44. The molecule has 0 atom stereocenters. The predicted molar refractivity (Wildman–Crippen MR) is 74.5 cm³/mol. The molecule has 3 rings (SSSR count). The van der Waals surface area contributed by atoms with Crippen molar-refractivity contribution < 1.29 is 0 Å². The van der Waals surface area contributed by atoms with Crippen molar-refractivity contribution in [1.29, 1.82) is 0 Å². The topological polar surface area (TPSA) is 79.4 Å². The van der Waals surface area contributed by atoms with Crippen LogP contribution in [-0.2, 0) is 0 Å². The molecule has 96 valence electrons. The summed E-state index contributed by atoms with van der Waals surface area (Å²) in [5, 5.41) is 10.7. The Bertz CT molecular complexity index is 702. The third kappa shape index (κ3) is 2.45. The zero-order chi connectivity index (χ0) is 13.2. The van der Waals surface area contributed by atoms with Gasteiger partial charge in [0.25, 0.3) is 0 Å². The van der Waals surface area contributed by atoms with Crippen LogP contribution in [0.4, 0.5) is 10.9 Å². The molecular formula is C12H12N6S. The number of anilines is 2. The minimum absolute atomic E-state index is 0.673. The highest BCUT2D eigenvalue weighted by Gasteiger charge is 2.10. The lowest BCUT2D eigenvalue weighted by atomic mass is 10.2. The average Bonchev–Trinajstić information content (AvgIpc) is 2.98. The fourth-order valence-electron chi connectivity index (χ4n) is 1.68. The third-order valence-corrected chi connectivity index (χ3v) is 3.25. The summed E-state index contributed by atoms with van der Waals surface area (Å²) in [5.41, 5.74) is 2.83. The Hall–Kier alpha value is -2.28. The Morgan fingerprint density at radius 1 is 1.21 bits per heavy atom. The van der Waals surface area contributed by atoms with Gasteiger partial charge in [-0.15, -0.1) is 0 Å². The van der Waals surface area contributed by atoms with E-state index in [0.717, 1.165) is 22.8 Å². The quantitative estimate of drug-likeness (QED) is 0.766. The Morgan fingerprint density at radius 2 is 2.11 bits per heavy atom. The zero-order valence-electron chi connectivity index (χ0n) is 10.5. The van der Waals surface area contributed by atoms with E-state index in [1.807, 2.05) is 32.0 Å². The first kappa shape index (κ1) is 11.8. The summed E-state index contributed by atoms with van der Waals surface area (Å²) in [4.78, 5) is 8.80. The van der Waals surface area contributed by atoms with Crippen LogP contribution in [0.1, 0.15) is 11.4 Å². The molecule has 0 saturated carbocycles. The number of aromatic amines is 1. The minimum Gasteiger partial charge on any atom is -0.315 e. The second-order valence-corrected chi connectivity index (χ2v) is 4.87. The number of rotatable bonds is 3. The molecule has 3 aromatic heterocycles. The number of hydrogen-bond donors (Lipinski definition) is 2. The number of nitrogens with zero attached hydrogens (tertiary/aromatic N) is 4. The maximum Gasteiger partial charge on any atom is 0.208 e. The summed E-state index contributed by atoms with van der Waals surface area (Å²) in [7, 11) is 0. The van der Waals surface area contributed by atoms with Gasteiger partial charge in [0.2, 0.25) is 5.13 Å². The van der Waals surface area contributed by atoms with Crippen molar-refractivity contribution in [2.24, 2.45) is 0 Å². The van der Waals surface area contributed by atoms with E-state index in [1.165, 1.54) is 11.5 Å². The van der Waals surface area contributed by atoms with Crippen LogP contribution in [0.5, 0.6) is 0 Å². The average molecular weight is 272 g/mol. The van der Waals surface area contributed by atoms with Gasteiger partial charge in [-0.2, -0.15) is 14.5 Å². The van der Waals surface area contributed by atoms with Gasteiger partial charge < -0.3 is 5.32 Å². The van der Waals surface area contributed by atoms with Crippen LogP contribution in [0.25, 0.3) is 11.4 Å². The van der Waals surface area contributed by atoms with E-state index in [4.69, 9.17) is 0 Å². The highest BCUT2D eigenvalue weighted by atomic mass is 32.1. The maximum absolute atomic E-state index is 4.43. The minimum atomic E-state index is 0.673. The molecule has 0 aromatic carbocycles. The van der Waals surface area contributed by atoms with Crippen LogP contribution in [0.3, 0.4) is 0 Å². The zero-order valence-corrected chi connectivity index (χ0v) is 11.3. The number of aromatic nitrogens is 5. The van der Waals surface area contributed by atoms with Crippen LogP contribution in [0.15, 0.2) is 24.4 Å². The van der Waals surface area contributed by atoms with Gasteiger partial charge >= 0.3 is 0 Å². The molecule has 3 aromatic rings. The van der Waals surface area contributed by atoms with E-state index in [9.17, 15) is 0 Å². The molecule has 0 fully saturated rings. The molecule has 3 heterocycles. The Morgan fingerprint density at radius 3 is 2.84 bits per heavy atom. The molecule has 2 N–H and O–H groups in total. The van der Waals surface area contributed by atoms with Crippen molar-refractivity contribution in [3.63, 3.8) is 0 Å². The number of pyridine rings is 1. The monoisotopic (exact) mass is 272 g/mol. The Balaban J connectivity index is 1.84. The number of hydrogen-bond acceptors (Lipinski definition) is 6. The summed E-state index contributed by atoms with van der Waals surface area (Å²) < 4.78 is 4.32. The van der Waals surface area contributed by atoms with E-state index in [1.54, 1.807) is 6.20 Å². The lowest BCUT2D eigenvalue weighted by Gasteiger charge is -2.00. The van der Waals surface area contributed by atoms with Gasteiger partial charge in [0.05, 0.1) is 11.8 Å². The van der Waals surface area contributed by atoms with E-state index < -0.39 is 0 Å². The van der Waals surface area contributed by atoms with Gasteiger partial charge in [0.1, 0.15) is 5.82 Å².